The van der Waals surface area contributed by atoms with Crippen LogP contribution in [0.1, 0.15) is 28.9 Å². The van der Waals surface area contributed by atoms with Crippen LogP contribution < -0.4 is 28.4 Å². The van der Waals surface area contributed by atoms with Crippen molar-refractivity contribution in [3.63, 3.8) is 0 Å². The van der Waals surface area contributed by atoms with Crippen molar-refractivity contribution in [3.05, 3.63) is 35.4 Å². The van der Waals surface area contributed by atoms with Gasteiger partial charge in [0.2, 0.25) is 11.5 Å². The summed E-state index contributed by atoms with van der Waals surface area (Å²) in [6.07, 6.45) is -0.0346. The molecule has 1 aliphatic rings. The predicted molar refractivity (Wildman–Crippen MR) is 97.9 cm³/mol. The molecule has 0 radical (unpaired) electrons. The predicted octanol–water partition coefficient (Wildman–Crippen LogP) is 3.43. The van der Waals surface area contributed by atoms with E-state index in [0.29, 0.717) is 40.1 Å². The standard InChI is InChI=1S/C20H22O7/c1-11-18(13-8-15(23-3)19(25-5)16(9-13)24-4)27-17-7-12(10-21)6-14(22-2)20(17)26-11/h6-11,18H,1-5H3/t11-,18+/m1/s1. The van der Waals surface area contributed by atoms with E-state index in [1.54, 1.807) is 33.5 Å². The van der Waals surface area contributed by atoms with Gasteiger partial charge in [0, 0.05) is 11.1 Å². The molecule has 0 saturated carbocycles. The van der Waals surface area contributed by atoms with Crippen LogP contribution in [0.2, 0.25) is 0 Å². The summed E-state index contributed by atoms with van der Waals surface area (Å²) in [7, 11) is 6.17. The van der Waals surface area contributed by atoms with Crippen LogP contribution in [0.3, 0.4) is 0 Å². The lowest BCUT2D eigenvalue weighted by atomic mass is 10.0. The van der Waals surface area contributed by atoms with Gasteiger partial charge in [0.1, 0.15) is 12.4 Å². The second kappa shape index (κ2) is 7.65. The summed E-state index contributed by atoms with van der Waals surface area (Å²) in [5, 5.41) is 0. The number of aldehydes is 1. The molecule has 144 valence electrons. The average molecular weight is 374 g/mol. The van der Waals surface area contributed by atoms with Crippen molar-refractivity contribution in [3.8, 4) is 34.5 Å². The van der Waals surface area contributed by atoms with Crippen LogP contribution in [-0.2, 0) is 0 Å². The monoisotopic (exact) mass is 374 g/mol. The summed E-state index contributed by atoms with van der Waals surface area (Å²) in [6.45, 7) is 1.89. The van der Waals surface area contributed by atoms with Gasteiger partial charge in [0.05, 0.1) is 28.4 Å². The highest BCUT2D eigenvalue weighted by Crippen LogP contribution is 2.48. The number of ether oxygens (including phenoxy) is 6. The van der Waals surface area contributed by atoms with Gasteiger partial charge in [-0.05, 0) is 31.2 Å². The molecule has 0 unspecified atom stereocenters. The van der Waals surface area contributed by atoms with Crippen molar-refractivity contribution in [2.75, 3.05) is 28.4 Å². The van der Waals surface area contributed by atoms with E-state index in [-0.39, 0.29) is 6.10 Å². The molecule has 0 aromatic heterocycles. The van der Waals surface area contributed by atoms with E-state index in [0.717, 1.165) is 11.8 Å². The number of rotatable bonds is 6. The highest BCUT2D eigenvalue weighted by molar-refractivity contribution is 5.78. The summed E-state index contributed by atoms with van der Waals surface area (Å²) in [6, 6.07) is 6.87. The molecule has 27 heavy (non-hydrogen) atoms. The summed E-state index contributed by atoms with van der Waals surface area (Å²) in [5.74, 6) is 2.90. The van der Waals surface area contributed by atoms with E-state index in [1.165, 1.54) is 7.11 Å². The van der Waals surface area contributed by atoms with E-state index >= 15 is 0 Å². The minimum absolute atomic E-state index is 0.323. The Morgan fingerprint density at radius 1 is 0.852 bits per heavy atom. The topological polar surface area (TPSA) is 72.5 Å². The molecule has 0 amide bonds. The van der Waals surface area contributed by atoms with E-state index in [2.05, 4.69) is 0 Å². The zero-order valence-electron chi connectivity index (χ0n) is 15.9. The van der Waals surface area contributed by atoms with Crippen molar-refractivity contribution >= 4 is 6.29 Å². The van der Waals surface area contributed by atoms with Crippen molar-refractivity contribution in [1.82, 2.24) is 0 Å². The minimum Gasteiger partial charge on any atom is -0.493 e. The van der Waals surface area contributed by atoms with Gasteiger partial charge in [-0.2, -0.15) is 0 Å². The second-order valence-corrected chi connectivity index (χ2v) is 5.99. The number of hydrogen-bond acceptors (Lipinski definition) is 7. The maximum absolute atomic E-state index is 11.2. The molecular weight excluding hydrogens is 352 g/mol. The van der Waals surface area contributed by atoms with Crippen molar-refractivity contribution in [1.29, 1.82) is 0 Å². The third-order valence-electron chi connectivity index (χ3n) is 4.40. The molecule has 0 spiro atoms. The normalized spacial score (nSPS) is 17.8. The molecule has 3 rings (SSSR count). The van der Waals surface area contributed by atoms with Gasteiger partial charge in [0.15, 0.2) is 29.1 Å². The zero-order chi connectivity index (χ0) is 19.6. The number of carbonyl (C=O) groups is 1. The highest BCUT2D eigenvalue weighted by atomic mass is 16.6. The maximum atomic E-state index is 11.2. The molecule has 2 aromatic carbocycles. The van der Waals surface area contributed by atoms with E-state index < -0.39 is 6.10 Å². The number of hydrogen-bond donors (Lipinski definition) is 0. The van der Waals surface area contributed by atoms with Gasteiger partial charge in [-0.3, -0.25) is 4.79 Å². The SMILES string of the molecule is COc1cc([C@H]2Oc3cc(C=O)cc(OC)c3O[C@@H]2C)cc(OC)c1OC. The molecule has 0 N–H and O–H groups in total. The van der Waals surface area contributed by atoms with Gasteiger partial charge in [-0.15, -0.1) is 0 Å². The van der Waals surface area contributed by atoms with Crippen LogP contribution in [0.25, 0.3) is 0 Å². The molecule has 2 atom stereocenters. The molecule has 1 heterocycles. The molecule has 0 saturated heterocycles. The van der Waals surface area contributed by atoms with Crippen molar-refractivity contribution in [2.45, 2.75) is 19.1 Å². The smallest absolute Gasteiger partial charge is 0.204 e. The first-order valence-electron chi connectivity index (χ1n) is 8.36. The fourth-order valence-electron chi connectivity index (χ4n) is 3.11. The quantitative estimate of drug-likeness (QED) is 0.717. The Morgan fingerprint density at radius 3 is 2.00 bits per heavy atom. The van der Waals surface area contributed by atoms with Gasteiger partial charge in [0.25, 0.3) is 0 Å². The lowest BCUT2D eigenvalue weighted by molar-refractivity contribution is 0.0278. The van der Waals surface area contributed by atoms with Crippen LogP contribution in [-0.4, -0.2) is 40.8 Å². The lowest BCUT2D eigenvalue weighted by Gasteiger charge is -2.33. The molecule has 2 aromatic rings. The van der Waals surface area contributed by atoms with Crippen LogP contribution >= 0.6 is 0 Å². The Balaban J connectivity index is 2.06. The van der Waals surface area contributed by atoms with Crippen LogP contribution in [0.15, 0.2) is 24.3 Å². The second-order valence-electron chi connectivity index (χ2n) is 5.99. The Hall–Kier alpha value is -3.09. The molecule has 7 nitrogen and oxygen atoms in total. The molecule has 1 aliphatic heterocycles. The Labute approximate surface area is 157 Å². The van der Waals surface area contributed by atoms with E-state index in [9.17, 15) is 4.79 Å². The van der Waals surface area contributed by atoms with Crippen molar-refractivity contribution in [2.24, 2.45) is 0 Å². The Bertz CT molecular complexity index is 821. The van der Waals surface area contributed by atoms with Crippen molar-refractivity contribution < 1.29 is 33.2 Å². The first kappa shape index (κ1) is 18.7. The van der Waals surface area contributed by atoms with Gasteiger partial charge < -0.3 is 28.4 Å². The third-order valence-corrected chi connectivity index (χ3v) is 4.40. The maximum Gasteiger partial charge on any atom is 0.204 e. The van der Waals surface area contributed by atoms with E-state index in [1.807, 2.05) is 19.1 Å². The van der Waals surface area contributed by atoms with Crippen LogP contribution in [0.4, 0.5) is 0 Å². The zero-order valence-corrected chi connectivity index (χ0v) is 15.9. The Morgan fingerprint density at radius 2 is 1.48 bits per heavy atom. The Kier molecular flexibility index (Phi) is 5.30. The summed E-state index contributed by atoms with van der Waals surface area (Å²) in [5.41, 5.74) is 1.23. The average Bonchev–Trinajstić information content (AvgIpc) is 2.71. The number of methoxy groups -OCH3 is 4. The molecule has 0 fully saturated rings. The first-order chi connectivity index (χ1) is 13.1. The molecule has 0 bridgehead atoms. The minimum atomic E-state index is -0.446. The van der Waals surface area contributed by atoms with Crippen LogP contribution in [0, 0.1) is 0 Å². The fourth-order valence-corrected chi connectivity index (χ4v) is 3.11. The summed E-state index contributed by atoms with van der Waals surface area (Å²) >= 11 is 0. The third kappa shape index (κ3) is 3.32. The number of fused-ring (bicyclic) bond motifs is 1. The summed E-state index contributed by atoms with van der Waals surface area (Å²) < 4.78 is 33.8. The fraction of sp³-hybridized carbons (Fsp3) is 0.350. The van der Waals surface area contributed by atoms with Crippen LogP contribution in [0.5, 0.6) is 34.5 Å². The highest BCUT2D eigenvalue weighted by Gasteiger charge is 2.33. The first-order valence-corrected chi connectivity index (χ1v) is 8.36. The molecule has 7 heteroatoms. The summed E-state index contributed by atoms with van der Waals surface area (Å²) in [4.78, 5) is 11.2. The lowest BCUT2D eigenvalue weighted by Crippen LogP contribution is -2.31. The largest absolute Gasteiger partial charge is 0.493 e. The molecular formula is C20H22O7. The number of carbonyl (C=O) groups excluding carboxylic acids is 1. The van der Waals surface area contributed by atoms with E-state index in [4.69, 9.17) is 28.4 Å². The number of benzene rings is 2. The van der Waals surface area contributed by atoms with Gasteiger partial charge >= 0.3 is 0 Å². The van der Waals surface area contributed by atoms with Gasteiger partial charge in [-0.1, -0.05) is 0 Å². The molecule has 0 aliphatic carbocycles. The van der Waals surface area contributed by atoms with Gasteiger partial charge in [-0.25, -0.2) is 0 Å².